The number of hydrogen-bond donors (Lipinski definition) is 2. The number of hydrogen-bond acceptors (Lipinski definition) is 2. The van der Waals surface area contributed by atoms with Crippen molar-refractivity contribution in [1.29, 1.82) is 0 Å². The molecule has 0 aromatic heterocycles. The van der Waals surface area contributed by atoms with Crippen LogP contribution in [0, 0.1) is 5.82 Å². The van der Waals surface area contributed by atoms with E-state index in [-0.39, 0.29) is 17.8 Å². The Morgan fingerprint density at radius 3 is 2.70 bits per heavy atom. The molecule has 2 fully saturated rings. The van der Waals surface area contributed by atoms with Gasteiger partial charge in [-0.2, -0.15) is 0 Å². The van der Waals surface area contributed by atoms with Gasteiger partial charge in [-0.1, -0.05) is 25.0 Å². The van der Waals surface area contributed by atoms with Crippen LogP contribution in [0.2, 0.25) is 0 Å². The standard InChI is InChI=1S/C16H20FNO2/c17-12-5-3-4-11(10-12)16(8-9-16)15(20)18-13-6-1-2-7-14(13)19/h3-5,10,13-14,19H,1-2,6-9H2,(H,18,20). The number of aliphatic hydroxyl groups excluding tert-OH is 1. The van der Waals surface area contributed by atoms with Crippen molar-refractivity contribution < 1.29 is 14.3 Å². The summed E-state index contributed by atoms with van der Waals surface area (Å²) in [7, 11) is 0. The number of amides is 1. The molecule has 3 nitrogen and oxygen atoms in total. The molecule has 1 aromatic carbocycles. The van der Waals surface area contributed by atoms with E-state index in [0.29, 0.717) is 0 Å². The monoisotopic (exact) mass is 277 g/mol. The number of aliphatic hydroxyl groups is 1. The summed E-state index contributed by atoms with van der Waals surface area (Å²) in [6.45, 7) is 0. The van der Waals surface area contributed by atoms with Crippen molar-refractivity contribution in [2.45, 2.75) is 56.1 Å². The first-order chi connectivity index (χ1) is 9.62. The van der Waals surface area contributed by atoms with Gasteiger partial charge in [0.1, 0.15) is 5.82 Å². The minimum Gasteiger partial charge on any atom is -0.391 e. The summed E-state index contributed by atoms with van der Waals surface area (Å²) in [6.07, 6.45) is 4.69. The molecule has 0 heterocycles. The zero-order valence-electron chi connectivity index (χ0n) is 11.4. The maximum atomic E-state index is 13.3. The Kier molecular flexibility index (Phi) is 3.50. The number of benzene rings is 1. The van der Waals surface area contributed by atoms with E-state index >= 15 is 0 Å². The zero-order valence-corrected chi connectivity index (χ0v) is 11.4. The van der Waals surface area contributed by atoms with Crippen LogP contribution in [0.15, 0.2) is 24.3 Å². The van der Waals surface area contributed by atoms with Gasteiger partial charge in [-0.25, -0.2) is 4.39 Å². The topological polar surface area (TPSA) is 49.3 Å². The van der Waals surface area contributed by atoms with E-state index in [1.54, 1.807) is 6.07 Å². The molecule has 1 aromatic rings. The second-order valence-electron chi connectivity index (χ2n) is 6.02. The first-order valence-electron chi connectivity index (χ1n) is 7.37. The molecule has 2 aliphatic rings. The molecular formula is C16H20FNO2. The van der Waals surface area contributed by atoms with E-state index in [1.807, 2.05) is 6.07 Å². The minimum atomic E-state index is -0.570. The third-order valence-electron chi connectivity index (χ3n) is 4.61. The van der Waals surface area contributed by atoms with Crippen LogP contribution in [0.3, 0.4) is 0 Å². The van der Waals surface area contributed by atoms with Gasteiger partial charge in [0, 0.05) is 0 Å². The summed E-state index contributed by atoms with van der Waals surface area (Å²) < 4.78 is 13.3. The van der Waals surface area contributed by atoms with Crippen LogP contribution < -0.4 is 5.32 Å². The number of carbonyl (C=O) groups is 1. The minimum absolute atomic E-state index is 0.0611. The normalized spacial score (nSPS) is 27.9. The van der Waals surface area contributed by atoms with Crippen molar-refractivity contribution in [2.75, 3.05) is 0 Å². The summed E-state index contributed by atoms with van der Waals surface area (Å²) >= 11 is 0. The fourth-order valence-corrected chi connectivity index (χ4v) is 3.14. The highest BCUT2D eigenvalue weighted by atomic mass is 19.1. The molecule has 108 valence electrons. The van der Waals surface area contributed by atoms with E-state index in [9.17, 15) is 14.3 Å². The predicted molar refractivity (Wildman–Crippen MR) is 73.7 cm³/mol. The lowest BCUT2D eigenvalue weighted by Crippen LogP contribution is -2.48. The van der Waals surface area contributed by atoms with Gasteiger partial charge in [0.05, 0.1) is 17.6 Å². The molecule has 2 unspecified atom stereocenters. The molecule has 0 aliphatic heterocycles. The molecule has 0 radical (unpaired) electrons. The van der Waals surface area contributed by atoms with Crippen molar-refractivity contribution in [3.8, 4) is 0 Å². The maximum absolute atomic E-state index is 13.3. The first kappa shape index (κ1) is 13.6. The van der Waals surface area contributed by atoms with E-state index in [0.717, 1.165) is 44.1 Å². The van der Waals surface area contributed by atoms with Crippen molar-refractivity contribution in [3.63, 3.8) is 0 Å². The van der Waals surface area contributed by atoms with E-state index in [4.69, 9.17) is 0 Å². The van der Waals surface area contributed by atoms with Crippen molar-refractivity contribution >= 4 is 5.91 Å². The van der Waals surface area contributed by atoms with E-state index in [2.05, 4.69) is 5.32 Å². The van der Waals surface area contributed by atoms with Gasteiger partial charge in [0.2, 0.25) is 5.91 Å². The molecule has 0 spiro atoms. The van der Waals surface area contributed by atoms with Crippen molar-refractivity contribution in [1.82, 2.24) is 5.32 Å². The van der Waals surface area contributed by atoms with Crippen LogP contribution in [-0.2, 0) is 10.2 Å². The van der Waals surface area contributed by atoms with Gasteiger partial charge < -0.3 is 10.4 Å². The lowest BCUT2D eigenvalue weighted by molar-refractivity contribution is -0.125. The molecule has 4 heteroatoms. The lowest BCUT2D eigenvalue weighted by Gasteiger charge is -2.30. The average Bonchev–Trinajstić information content (AvgIpc) is 3.23. The average molecular weight is 277 g/mol. The molecule has 1 amide bonds. The molecule has 0 saturated heterocycles. The van der Waals surface area contributed by atoms with E-state index in [1.165, 1.54) is 12.1 Å². The summed E-state index contributed by atoms with van der Waals surface area (Å²) in [5.41, 5.74) is 0.180. The lowest BCUT2D eigenvalue weighted by atomic mass is 9.90. The number of nitrogens with one attached hydrogen (secondary N) is 1. The van der Waals surface area contributed by atoms with Gasteiger partial charge in [0.25, 0.3) is 0 Å². The van der Waals surface area contributed by atoms with Crippen LogP contribution in [0.5, 0.6) is 0 Å². The van der Waals surface area contributed by atoms with Crippen LogP contribution in [-0.4, -0.2) is 23.2 Å². The summed E-state index contributed by atoms with van der Waals surface area (Å²) in [4.78, 5) is 12.5. The highest BCUT2D eigenvalue weighted by Gasteiger charge is 2.52. The molecule has 2 saturated carbocycles. The highest BCUT2D eigenvalue weighted by Crippen LogP contribution is 2.48. The Morgan fingerprint density at radius 2 is 2.05 bits per heavy atom. The van der Waals surface area contributed by atoms with Gasteiger partial charge in [-0.3, -0.25) is 4.79 Å². The molecule has 2 atom stereocenters. The quantitative estimate of drug-likeness (QED) is 0.890. The highest BCUT2D eigenvalue weighted by molar-refractivity contribution is 5.91. The summed E-state index contributed by atoms with van der Waals surface area (Å²) in [5, 5.41) is 12.9. The van der Waals surface area contributed by atoms with Crippen LogP contribution in [0.4, 0.5) is 4.39 Å². The molecule has 2 N–H and O–H groups in total. The summed E-state index contributed by atoms with van der Waals surface area (Å²) in [6, 6.07) is 6.15. The van der Waals surface area contributed by atoms with Crippen molar-refractivity contribution in [2.24, 2.45) is 0 Å². The van der Waals surface area contributed by atoms with Crippen LogP contribution >= 0.6 is 0 Å². The van der Waals surface area contributed by atoms with Crippen LogP contribution in [0.1, 0.15) is 44.1 Å². The van der Waals surface area contributed by atoms with Crippen molar-refractivity contribution in [3.05, 3.63) is 35.6 Å². The Hall–Kier alpha value is -1.42. The number of halogens is 1. The molecular weight excluding hydrogens is 257 g/mol. The third kappa shape index (κ3) is 2.44. The Bertz CT molecular complexity index is 513. The Morgan fingerprint density at radius 1 is 1.30 bits per heavy atom. The molecule has 2 aliphatic carbocycles. The zero-order chi connectivity index (χ0) is 14.2. The predicted octanol–water partition coefficient (Wildman–Crippen LogP) is 2.28. The molecule has 20 heavy (non-hydrogen) atoms. The van der Waals surface area contributed by atoms with Crippen LogP contribution in [0.25, 0.3) is 0 Å². The SMILES string of the molecule is O=C(NC1CCCCC1O)C1(c2cccc(F)c2)CC1. The van der Waals surface area contributed by atoms with Gasteiger partial charge >= 0.3 is 0 Å². The fourth-order valence-electron chi connectivity index (χ4n) is 3.14. The first-order valence-corrected chi connectivity index (χ1v) is 7.37. The van der Waals surface area contributed by atoms with Gasteiger partial charge in [-0.15, -0.1) is 0 Å². The van der Waals surface area contributed by atoms with E-state index < -0.39 is 11.5 Å². The maximum Gasteiger partial charge on any atom is 0.230 e. The summed E-state index contributed by atoms with van der Waals surface area (Å²) in [5.74, 6) is -0.367. The Labute approximate surface area is 118 Å². The third-order valence-corrected chi connectivity index (χ3v) is 4.61. The Balaban J connectivity index is 1.73. The molecule has 0 bridgehead atoms. The number of rotatable bonds is 3. The fraction of sp³-hybridized carbons (Fsp3) is 0.562. The largest absolute Gasteiger partial charge is 0.391 e. The van der Waals surface area contributed by atoms with Gasteiger partial charge in [-0.05, 0) is 43.4 Å². The van der Waals surface area contributed by atoms with Gasteiger partial charge in [0.15, 0.2) is 0 Å². The molecule has 3 rings (SSSR count). The second-order valence-corrected chi connectivity index (χ2v) is 6.02. The second kappa shape index (κ2) is 5.17. The smallest absolute Gasteiger partial charge is 0.230 e. The number of carbonyl (C=O) groups excluding carboxylic acids is 1.